The molecule has 0 saturated heterocycles. The molecule has 0 bridgehead atoms. The third kappa shape index (κ3) is 3.14. The van der Waals surface area contributed by atoms with Crippen LogP contribution < -0.4 is 0 Å². The Morgan fingerprint density at radius 3 is 2.89 bits per heavy atom. The van der Waals surface area contributed by atoms with Crippen molar-refractivity contribution in [3.8, 4) is 0 Å². The lowest BCUT2D eigenvalue weighted by molar-refractivity contribution is 0.221. The first kappa shape index (κ1) is 13.6. The Labute approximate surface area is 110 Å². The second-order valence-corrected chi connectivity index (χ2v) is 6.24. The second kappa shape index (κ2) is 5.89. The van der Waals surface area contributed by atoms with Crippen molar-refractivity contribution in [2.45, 2.75) is 6.61 Å². The van der Waals surface area contributed by atoms with Gasteiger partial charge in [-0.25, -0.2) is 4.57 Å². The maximum absolute atomic E-state index is 12.1. The summed E-state index contributed by atoms with van der Waals surface area (Å²) in [7, 11) is -3.80. The molecule has 18 heavy (non-hydrogen) atoms. The Morgan fingerprint density at radius 1 is 1.50 bits per heavy atom. The molecule has 1 atom stereocenters. The first-order valence-corrected chi connectivity index (χ1v) is 8.27. The molecule has 1 N–H and O–H groups in total. The lowest BCUT2D eigenvalue weighted by Crippen LogP contribution is -2.23. The summed E-state index contributed by atoms with van der Waals surface area (Å²) in [6.45, 7) is 1.08. The van der Waals surface area contributed by atoms with Gasteiger partial charge in [0.1, 0.15) is 0 Å². The molecule has 1 aromatic rings. The van der Waals surface area contributed by atoms with E-state index in [0.29, 0.717) is 18.3 Å². The lowest BCUT2D eigenvalue weighted by Gasteiger charge is -2.23. The number of rotatable bonds is 4. The zero-order valence-corrected chi connectivity index (χ0v) is 11.7. The smallest absolute Gasteiger partial charge is 0.308 e. The molecule has 0 spiro atoms. The van der Waals surface area contributed by atoms with E-state index >= 15 is 0 Å². The molecule has 7 heteroatoms. The summed E-state index contributed by atoms with van der Waals surface area (Å²) in [5.74, 6) is 0. The third-order valence-electron chi connectivity index (χ3n) is 2.51. The van der Waals surface area contributed by atoms with Crippen molar-refractivity contribution in [1.82, 2.24) is 4.67 Å². The minimum atomic E-state index is -3.80. The number of benzene rings is 1. The zero-order valence-electron chi connectivity index (χ0n) is 10.0. The van der Waals surface area contributed by atoms with Crippen molar-refractivity contribution >= 4 is 24.7 Å². The molecule has 98 valence electrons. The highest BCUT2D eigenvalue weighted by molar-refractivity contribution is 8.13. The van der Waals surface area contributed by atoms with Gasteiger partial charge in [-0.2, -0.15) is 0 Å². The number of hydrogen-bond donors (Lipinski definition) is 1. The van der Waals surface area contributed by atoms with E-state index in [1.807, 2.05) is 36.6 Å². The van der Waals surface area contributed by atoms with Crippen molar-refractivity contribution in [3.05, 3.63) is 35.9 Å². The van der Waals surface area contributed by atoms with Crippen LogP contribution in [0.3, 0.4) is 0 Å². The summed E-state index contributed by atoms with van der Waals surface area (Å²) >= 11 is 1.35. The lowest BCUT2D eigenvalue weighted by atomic mass is 10.2. The summed E-state index contributed by atoms with van der Waals surface area (Å²) in [6.07, 6.45) is 1.83. The minimum absolute atomic E-state index is 0.118. The van der Waals surface area contributed by atoms with Crippen molar-refractivity contribution in [2.75, 3.05) is 19.3 Å². The van der Waals surface area contributed by atoms with Crippen molar-refractivity contribution in [1.29, 1.82) is 0 Å². The highest BCUT2D eigenvalue weighted by Gasteiger charge is 2.34. The predicted molar refractivity (Wildman–Crippen MR) is 73.6 cm³/mol. The van der Waals surface area contributed by atoms with E-state index in [-0.39, 0.29) is 6.61 Å². The molecule has 1 unspecified atom stereocenters. The van der Waals surface area contributed by atoms with Gasteiger partial charge in [-0.1, -0.05) is 42.1 Å². The summed E-state index contributed by atoms with van der Waals surface area (Å²) in [4.78, 5) is 14.1. The zero-order chi connectivity index (χ0) is 13.0. The van der Waals surface area contributed by atoms with E-state index in [9.17, 15) is 9.46 Å². The molecular formula is C11H15N2O3PS. The van der Waals surface area contributed by atoms with Crippen LogP contribution in [0, 0.1) is 0 Å². The number of amidine groups is 1. The van der Waals surface area contributed by atoms with Crippen LogP contribution in [0.4, 0.5) is 0 Å². The van der Waals surface area contributed by atoms with Gasteiger partial charge in [0.05, 0.1) is 19.7 Å². The topological polar surface area (TPSA) is 62.1 Å². The molecular weight excluding hydrogens is 271 g/mol. The van der Waals surface area contributed by atoms with Crippen molar-refractivity contribution in [2.24, 2.45) is 4.99 Å². The Hall–Kier alpha value is -0.810. The quantitative estimate of drug-likeness (QED) is 0.861. The Balaban J connectivity index is 2.00. The van der Waals surface area contributed by atoms with Crippen LogP contribution in [0.15, 0.2) is 35.3 Å². The average Bonchev–Trinajstić information content (AvgIpc) is 2.87. The van der Waals surface area contributed by atoms with Crippen LogP contribution in [-0.4, -0.2) is 34.1 Å². The highest BCUT2D eigenvalue weighted by Crippen LogP contribution is 2.49. The number of aliphatic imine (C=N–C) groups is 1. The van der Waals surface area contributed by atoms with Crippen molar-refractivity contribution < 1.29 is 14.0 Å². The standard InChI is InChI=1S/C11H15N2O3PS/c1-18-11-12-7-8-13(11)17(14,15)16-9-10-5-3-2-4-6-10/h2-6H,7-9H2,1H3,(H,14,15). The number of thioether (sulfide) groups is 1. The van der Waals surface area contributed by atoms with Gasteiger partial charge >= 0.3 is 7.75 Å². The number of hydrogen-bond acceptors (Lipinski definition) is 4. The minimum Gasteiger partial charge on any atom is -0.308 e. The van der Waals surface area contributed by atoms with E-state index in [1.54, 1.807) is 0 Å². The fourth-order valence-electron chi connectivity index (χ4n) is 1.62. The summed E-state index contributed by atoms with van der Waals surface area (Å²) in [5, 5.41) is 0.564. The van der Waals surface area contributed by atoms with Crippen LogP contribution >= 0.6 is 19.5 Å². The fourth-order valence-corrected chi connectivity index (χ4v) is 3.78. The second-order valence-electron chi connectivity index (χ2n) is 3.74. The van der Waals surface area contributed by atoms with E-state index in [1.165, 1.54) is 16.4 Å². The van der Waals surface area contributed by atoms with Crippen LogP contribution in [0.5, 0.6) is 0 Å². The molecule has 1 heterocycles. The van der Waals surface area contributed by atoms with Gasteiger partial charge in [0.2, 0.25) is 0 Å². The monoisotopic (exact) mass is 286 g/mol. The Morgan fingerprint density at radius 2 is 2.22 bits per heavy atom. The van der Waals surface area contributed by atoms with Crippen LogP contribution in [0.2, 0.25) is 0 Å². The van der Waals surface area contributed by atoms with E-state index < -0.39 is 7.75 Å². The molecule has 0 amide bonds. The summed E-state index contributed by atoms with van der Waals surface area (Å²) in [5.41, 5.74) is 0.869. The van der Waals surface area contributed by atoms with Gasteiger partial charge in [-0.3, -0.25) is 14.2 Å². The number of nitrogens with zero attached hydrogens (tertiary/aromatic N) is 2. The molecule has 0 saturated carbocycles. The van der Waals surface area contributed by atoms with E-state index in [0.717, 1.165) is 5.56 Å². The first-order valence-electron chi connectivity index (χ1n) is 5.51. The summed E-state index contributed by atoms with van der Waals surface area (Å²) < 4.78 is 18.6. The SMILES string of the molecule is CSC1=NCCN1P(=O)(O)OCc1ccccc1. The molecule has 0 fully saturated rings. The van der Waals surface area contributed by atoms with E-state index in [2.05, 4.69) is 4.99 Å². The average molecular weight is 286 g/mol. The first-order chi connectivity index (χ1) is 8.63. The molecule has 1 aliphatic heterocycles. The van der Waals surface area contributed by atoms with Gasteiger partial charge in [-0.15, -0.1) is 0 Å². The van der Waals surface area contributed by atoms with Gasteiger partial charge in [-0.05, 0) is 11.8 Å². The molecule has 0 aliphatic carbocycles. The van der Waals surface area contributed by atoms with E-state index in [4.69, 9.17) is 4.52 Å². The van der Waals surface area contributed by atoms with Crippen LogP contribution in [0.25, 0.3) is 0 Å². The molecule has 1 aromatic carbocycles. The predicted octanol–water partition coefficient (Wildman–Crippen LogP) is 2.34. The van der Waals surface area contributed by atoms with Crippen LogP contribution in [-0.2, 0) is 15.7 Å². The molecule has 0 radical (unpaired) electrons. The van der Waals surface area contributed by atoms with Gasteiger partial charge < -0.3 is 4.89 Å². The fraction of sp³-hybridized carbons (Fsp3) is 0.364. The molecule has 5 nitrogen and oxygen atoms in total. The van der Waals surface area contributed by atoms with Crippen molar-refractivity contribution in [3.63, 3.8) is 0 Å². The maximum Gasteiger partial charge on any atom is 0.434 e. The highest BCUT2D eigenvalue weighted by atomic mass is 32.2. The Kier molecular flexibility index (Phi) is 4.45. The van der Waals surface area contributed by atoms with Gasteiger partial charge in [0.25, 0.3) is 0 Å². The summed E-state index contributed by atoms with van der Waals surface area (Å²) in [6, 6.07) is 9.33. The Bertz CT molecular complexity index is 480. The third-order valence-corrected chi connectivity index (χ3v) is 4.82. The van der Waals surface area contributed by atoms with Gasteiger partial charge in [0.15, 0.2) is 5.17 Å². The normalized spacial score (nSPS) is 18.6. The molecule has 0 aromatic heterocycles. The van der Waals surface area contributed by atoms with Gasteiger partial charge in [0, 0.05) is 0 Å². The maximum atomic E-state index is 12.1. The molecule has 2 rings (SSSR count). The largest absolute Gasteiger partial charge is 0.434 e. The van der Waals surface area contributed by atoms with Crippen LogP contribution in [0.1, 0.15) is 5.56 Å². The molecule has 1 aliphatic rings.